The van der Waals surface area contributed by atoms with Crippen LogP contribution in [0.15, 0.2) is 0 Å². The molecule has 0 aliphatic rings. The predicted octanol–water partition coefficient (Wildman–Crippen LogP) is 1.30. The van der Waals surface area contributed by atoms with Gasteiger partial charge < -0.3 is 0 Å². The monoisotopic (exact) mass is 208 g/mol. The Hall–Kier alpha value is -1.14. The topological polar surface area (TPSA) is 82.1 Å². The van der Waals surface area contributed by atoms with Crippen molar-refractivity contribution in [2.45, 2.75) is 40.2 Å². The van der Waals surface area contributed by atoms with E-state index in [9.17, 15) is 9.59 Å². The minimum Gasteiger partial charge on any atom is -0.251 e. The van der Waals surface area contributed by atoms with Crippen molar-refractivity contribution < 1.29 is 29.5 Å². The highest BCUT2D eigenvalue weighted by Gasteiger charge is 2.07. The molecule has 0 aromatic carbocycles. The summed E-state index contributed by atoms with van der Waals surface area (Å²) in [6.45, 7) is 7.60. The Labute approximate surface area is 82.6 Å². The molecule has 0 aliphatic heterocycles. The molecule has 0 saturated heterocycles. The summed E-state index contributed by atoms with van der Waals surface area (Å²) in [5.74, 6) is -1.28. The van der Waals surface area contributed by atoms with E-state index in [-0.39, 0.29) is 0 Å². The number of carbonyl (C=O) groups is 2. The molecule has 84 valence electrons. The first-order chi connectivity index (χ1) is 6.19. The molecule has 6 nitrogen and oxygen atoms in total. The standard InChI is InChI=1S/C4H6O4.C4H10O2/c1-3(5)7-8-4(2)6;1-4(2,3)6-5/h1-2H3;5H,1-3H3. The zero-order valence-electron chi connectivity index (χ0n) is 8.99. The summed E-state index contributed by atoms with van der Waals surface area (Å²) >= 11 is 0. The van der Waals surface area contributed by atoms with E-state index in [4.69, 9.17) is 5.26 Å². The van der Waals surface area contributed by atoms with Gasteiger partial charge in [0, 0.05) is 13.8 Å². The molecule has 6 heteroatoms. The molecule has 0 fully saturated rings. The molecular weight excluding hydrogens is 192 g/mol. The van der Waals surface area contributed by atoms with Crippen molar-refractivity contribution in [1.29, 1.82) is 0 Å². The van der Waals surface area contributed by atoms with Gasteiger partial charge in [-0.05, 0) is 20.8 Å². The maximum Gasteiger partial charge on any atom is 0.352 e. The van der Waals surface area contributed by atoms with Crippen LogP contribution in [0.5, 0.6) is 0 Å². The van der Waals surface area contributed by atoms with E-state index in [1.807, 2.05) is 0 Å². The minimum absolute atomic E-state index is 0.403. The Morgan fingerprint density at radius 3 is 1.29 bits per heavy atom. The molecule has 0 heterocycles. The zero-order chi connectivity index (χ0) is 11.8. The molecule has 0 unspecified atom stereocenters. The smallest absolute Gasteiger partial charge is 0.251 e. The van der Waals surface area contributed by atoms with Gasteiger partial charge in [-0.25, -0.2) is 24.3 Å². The first-order valence-corrected chi connectivity index (χ1v) is 3.87. The molecule has 0 spiro atoms. The van der Waals surface area contributed by atoms with Crippen molar-refractivity contribution in [2.75, 3.05) is 0 Å². The third kappa shape index (κ3) is 22.4. The summed E-state index contributed by atoms with van der Waals surface area (Å²) < 4.78 is 0. The van der Waals surface area contributed by atoms with E-state index in [1.54, 1.807) is 20.8 Å². The summed E-state index contributed by atoms with van der Waals surface area (Å²) in [5, 5.41) is 7.90. The summed E-state index contributed by atoms with van der Waals surface area (Å²) in [6.07, 6.45) is 0. The Morgan fingerprint density at radius 2 is 1.21 bits per heavy atom. The highest BCUT2D eigenvalue weighted by Crippen LogP contribution is 2.01. The molecule has 0 atom stereocenters. The summed E-state index contributed by atoms with van der Waals surface area (Å²) in [5.41, 5.74) is -0.403. The van der Waals surface area contributed by atoms with Crippen molar-refractivity contribution in [2.24, 2.45) is 0 Å². The highest BCUT2D eigenvalue weighted by molar-refractivity contribution is 5.69. The Morgan fingerprint density at radius 1 is 1.00 bits per heavy atom. The van der Waals surface area contributed by atoms with E-state index in [0.717, 1.165) is 13.8 Å². The van der Waals surface area contributed by atoms with Gasteiger partial charge in [0.25, 0.3) is 0 Å². The van der Waals surface area contributed by atoms with E-state index < -0.39 is 17.5 Å². The molecule has 0 amide bonds. The molecule has 0 aliphatic carbocycles. The quantitative estimate of drug-likeness (QED) is 0.477. The van der Waals surface area contributed by atoms with E-state index >= 15 is 0 Å². The predicted molar refractivity (Wildman–Crippen MR) is 47.0 cm³/mol. The second-order valence-corrected chi connectivity index (χ2v) is 3.35. The average Bonchev–Trinajstić information content (AvgIpc) is 2.01. The van der Waals surface area contributed by atoms with Crippen LogP contribution in [0.4, 0.5) is 0 Å². The van der Waals surface area contributed by atoms with Crippen LogP contribution in [-0.2, 0) is 24.3 Å². The lowest BCUT2D eigenvalue weighted by Crippen LogP contribution is -2.15. The van der Waals surface area contributed by atoms with Crippen molar-refractivity contribution >= 4 is 11.9 Å². The second kappa shape index (κ2) is 7.28. The van der Waals surface area contributed by atoms with E-state index in [2.05, 4.69) is 14.7 Å². The molecule has 1 N–H and O–H groups in total. The lowest BCUT2D eigenvalue weighted by Gasteiger charge is -2.10. The molecule has 14 heavy (non-hydrogen) atoms. The molecule has 0 aromatic heterocycles. The number of carbonyl (C=O) groups excluding carboxylic acids is 2. The average molecular weight is 208 g/mol. The van der Waals surface area contributed by atoms with Crippen molar-refractivity contribution in [3.05, 3.63) is 0 Å². The zero-order valence-corrected chi connectivity index (χ0v) is 8.99. The lowest BCUT2D eigenvalue weighted by molar-refractivity contribution is -0.306. The van der Waals surface area contributed by atoms with Gasteiger partial charge >= 0.3 is 11.9 Å². The van der Waals surface area contributed by atoms with Gasteiger partial charge in [-0.15, -0.1) is 0 Å². The lowest BCUT2D eigenvalue weighted by atomic mass is 10.2. The normalized spacial score (nSPS) is 9.57. The van der Waals surface area contributed by atoms with Gasteiger partial charge in [0.15, 0.2) is 0 Å². The van der Waals surface area contributed by atoms with Gasteiger partial charge in [0.05, 0.1) is 5.60 Å². The third-order valence-corrected chi connectivity index (χ3v) is 0.550. The van der Waals surface area contributed by atoms with Crippen LogP contribution in [0.25, 0.3) is 0 Å². The van der Waals surface area contributed by atoms with Crippen LogP contribution >= 0.6 is 0 Å². The van der Waals surface area contributed by atoms with Crippen LogP contribution in [-0.4, -0.2) is 22.8 Å². The molecule has 0 saturated carbocycles. The summed E-state index contributed by atoms with van der Waals surface area (Å²) in [7, 11) is 0. The Kier molecular flexibility index (Phi) is 7.98. The van der Waals surface area contributed by atoms with Crippen LogP contribution in [0.1, 0.15) is 34.6 Å². The number of rotatable bonds is 0. The van der Waals surface area contributed by atoms with Crippen LogP contribution < -0.4 is 0 Å². The summed E-state index contributed by atoms with van der Waals surface area (Å²) in [4.78, 5) is 31.3. The fourth-order valence-corrected chi connectivity index (χ4v) is 0.117. The number of hydrogen-bond acceptors (Lipinski definition) is 6. The van der Waals surface area contributed by atoms with Gasteiger partial charge in [-0.3, -0.25) is 5.26 Å². The van der Waals surface area contributed by atoms with Crippen LogP contribution in [0.3, 0.4) is 0 Å². The summed E-state index contributed by atoms with van der Waals surface area (Å²) in [6, 6.07) is 0. The Balaban J connectivity index is 0. The Bertz CT molecular complexity index is 167. The van der Waals surface area contributed by atoms with Gasteiger partial charge in [0.1, 0.15) is 0 Å². The van der Waals surface area contributed by atoms with E-state index in [0.29, 0.717) is 0 Å². The van der Waals surface area contributed by atoms with Gasteiger partial charge in [-0.2, -0.15) is 0 Å². The molecular formula is C8H16O6. The van der Waals surface area contributed by atoms with Crippen molar-refractivity contribution in [3.8, 4) is 0 Å². The SMILES string of the molecule is CC(=O)OOC(C)=O.CC(C)(C)OO. The number of hydrogen-bond donors (Lipinski definition) is 1. The largest absolute Gasteiger partial charge is 0.352 e. The first-order valence-electron chi connectivity index (χ1n) is 3.87. The highest BCUT2D eigenvalue weighted by atomic mass is 17.2. The molecule has 0 bridgehead atoms. The van der Waals surface area contributed by atoms with Crippen LogP contribution in [0.2, 0.25) is 0 Å². The van der Waals surface area contributed by atoms with Gasteiger partial charge in [-0.1, -0.05) is 0 Å². The fourth-order valence-electron chi connectivity index (χ4n) is 0.117. The maximum absolute atomic E-state index is 9.85. The molecule has 0 rings (SSSR count). The van der Waals surface area contributed by atoms with E-state index in [1.165, 1.54) is 0 Å². The van der Waals surface area contributed by atoms with Crippen LogP contribution in [0, 0.1) is 0 Å². The second-order valence-electron chi connectivity index (χ2n) is 3.35. The molecule has 0 aromatic rings. The van der Waals surface area contributed by atoms with Gasteiger partial charge in [0.2, 0.25) is 0 Å². The van der Waals surface area contributed by atoms with Crippen molar-refractivity contribution in [3.63, 3.8) is 0 Å². The fraction of sp³-hybridized carbons (Fsp3) is 0.750. The first kappa shape index (κ1) is 15.3. The molecule has 0 radical (unpaired) electrons. The maximum atomic E-state index is 9.85. The third-order valence-electron chi connectivity index (χ3n) is 0.550. The minimum atomic E-state index is -0.639. The van der Waals surface area contributed by atoms with Crippen molar-refractivity contribution in [1.82, 2.24) is 0 Å².